The zero-order chi connectivity index (χ0) is 15.4. The van der Waals surface area contributed by atoms with Crippen LogP contribution in [0.25, 0.3) is 0 Å². The Hall–Kier alpha value is -2.07. The first kappa shape index (κ1) is 15.3. The predicted octanol–water partition coefficient (Wildman–Crippen LogP) is 4.95. The SMILES string of the molecule is CC(C)c1ccccc1OCc1c(Cl)cccc1[N+](=O)[O-]. The zero-order valence-electron chi connectivity index (χ0n) is 11.9. The highest BCUT2D eigenvalue weighted by Gasteiger charge is 2.17. The van der Waals surface area contributed by atoms with Gasteiger partial charge < -0.3 is 4.74 Å². The number of para-hydroxylation sites is 1. The van der Waals surface area contributed by atoms with Gasteiger partial charge in [-0.1, -0.05) is 49.7 Å². The van der Waals surface area contributed by atoms with Crippen molar-refractivity contribution >= 4 is 17.3 Å². The molecule has 21 heavy (non-hydrogen) atoms. The number of rotatable bonds is 5. The number of nitro benzene ring substituents is 1. The van der Waals surface area contributed by atoms with Gasteiger partial charge in [-0.05, 0) is 23.6 Å². The molecule has 0 aromatic heterocycles. The van der Waals surface area contributed by atoms with Crippen molar-refractivity contribution in [2.24, 2.45) is 0 Å². The van der Waals surface area contributed by atoms with Crippen molar-refractivity contribution in [3.05, 3.63) is 68.7 Å². The lowest BCUT2D eigenvalue weighted by Crippen LogP contribution is -2.03. The van der Waals surface area contributed by atoms with Crippen LogP contribution in [0.4, 0.5) is 5.69 Å². The number of hydrogen-bond donors (Lipinski definition) is 0. The van der Waals surface area contributed by atoms with Crippen molar-refractivity contribution in [3.8, 4) is 5.75 Å². The Labute approximate surface area is 128 Å². The fourth-order valence-electron chi connectivity index (χ4n) is 2.10. The maximum atomic E-state index is 11.1. The van der Waals surface area contributed by atoms with Crippen LogP contribution < -0.4 is 4.74 Å². The fourth-order valence-corrected chi connectivity index (χ4v) is 2.32. The third-order valence-electron chi connectivity index (χ3n) is 3.20. The van der Waals surface area contributed by atoms with Gasteiger partial charge in [0.05, 0.1) is 15.5 Å². The molecule has 2 rings (SSSR count). The zero-order valence-corrected chi connectivity index (χ0v) is 12.6. The Kier molecular flexibility index (Phi) is 4.81. The van der Waals surface area contributed by atoms with Crippen LogP contribution in [0.15, 0.2) is 42.5 Å². The van der Waals surface area contributed by atoms with E-state index in [1.54, 1.807) is 12.1 Å². The third kappa shape index (κ3) is 3.52. The lowest BCUT2D eigenvalue weighted by atomic mass is 10.0. The minimum atomic E-state index is -0.446. The molecule has 0 atom stereocenters. The average molecular weight is 306 g/mol. The van der Waals surface area contributed by atoms with Crippen molar-refractivity contribution in [3.63, 3.8) is 0 Å². The molecule has 0 N–H and O–H groups in total. The van der Waals surface area contributed by atoms with Gasteiger partial charge in [0.25, 0.3) is 5.69 Å². The molecule has 0 aliphatic heterocycles. The molecule has 0 fully saturated rings. The molecule has 0 heterocycles. The van der Waals surface area contributed by atoms with Crippen LogP contribution in [0.3, 0.4) is 0 Å². The first-order chi connectivity index (χ1) is 10.0. The topological polar surface area (TPSA) is 52.4 Å². The fraction of sp³-hybridized carbons (Fsp3) is 0.250. The van der Waals surface area contributed by atoms with E-state index in [-0.39, 0.29) is 12.3 Å². The van der Waals surface area contributed by atoms with Gasteiger partial charge >= 0.3 is 0 Å². The molecule has 2 aromatic rings. The second-order valence-electron chi connectivity index (χ2n) is 4.98. The van der Waals surface area contributed by atoms with Crippen LogP contribution in [0.2, 0.25) is 5.02 Å². The first-order valence-corrected chi connectivity index (χ1v) is 7.02. The number of nitrogens with zero attached hydrogens (tertiary/aromatic N) is 1. The summed E-state index contributed by atoms with van der Waals surface area (Å²) in [5, 5.41) is 11.4. The molecule has 0 unspecified atom stereocenters. The third-order valence-corrected chi connectivity index (χ3v) is 3.56. The maximum absolute atomic E-state index is 11.1. The average Bonchev–Trinajstić information content (AvgIpc) is 2.45. The molecule has 0 aliphatic carbocycles. The summed E-state index contributed by atoms with van der Waals surface area (Å²) < 4.78 is 5.77. The lowest BCUT2D eigenvalue weighted by molar-refractivity contribution is -0.385. The van der Waals surface area contributed by atoms with Crippen molar-refractivity contribution in [1.82, 2.24) is 0 Å². The Morgan fingerprint density at radius 3 is 2.57 bits per heavy atom. The Bertz CT molecular complexity index is 656. The second kappa shape index (κ2) is 6.59. The number of benzene rings is 2. The number of halogens is 1. The molecule has 110 valence electrons. The molecule has 2 aromatic carbocycles. The number of nitro groups is 1. The van der Waals surface area contributed by atoms with Crippen LogP contribution in [0.5, 0.6) is 5.75 Å². The summed E-state index contributed by atoms with van der Waals surface area (Å²) in [6.07, 6.45) is 0. The minimum absolute atomic E-state index is 0.0236. The Morgan fingerprint density at radius 2 is 1.90 bits per heavy atom. The van der Waals surface area contributed by atoms with E-state index in [9.17, 15) is 10.1 Å². The van der Waals surface area contributed by atoms with Gasteiger partial charge in [0.15, 0.2) is 0 Å². The van der Waals surface area contributed by atoms with Crippen molar-refractivity contribution in [2.45, 2.75) is 26.4 Å². The van der Waals surface area contributed by atoms with Gasteiger partial charge in [-0.2, -0.15) is 0 Å². The number of hydrogen-bond acceptors (Lipinski definition) is 3. The Morgan fingerprint density at radius 1 is 1.19 bits per heavy atom. The normalized spacial score (nSPS) is 10.7. The standard InChI is InChI=1S/C16H16ClNO3/c1-11(2)12-6-3-4-9-16(12)21-10-13-14(17)7-5-8-15(13)18(19)20/h3-9,11H,10H2,1-2H3. The van der Waals surface area contributed by atoms with Crippen LogP contribution >= 0.6 is 11.6 Å². The van der Waals surface area contributed by atoms with Crippen LogP contribution in [-0.2, 0) is 6.61 Å². The summed E-state index contributed by atoms with van der Waals surface area (Å²) in [5.74, 6) is 1.03. The molecule has 0 radical (unpaired) electrons. The molecule has 5 heteroatoms. The summed E-state index contributed by atoms with van der Waals surface area (Å²) >= 11 is 6.06. The van der Waals surface area contributed by atoms with Crippen LogP contribution in [0.1, 0.15) is 30.9 Å². The van der Waals surface area contributed by atoms with Gasteiger partial charge in [-0.3, -0.25) is 10.1 Å². The maximum Gasteiger partial charge on any atom is 0.277 e. The highest BCUT2D eigenvalue weighted by atomic mass is 35.5. The minimum Gasteiger partial charge on any atom is -0.488 e. The molecular weight excluding hydrogens is 290 g/mol. The smallest absolute Gasteiger partial charge is 0.277 e. The van der Waals surface area contributed by atoms with Crippen LogP contribution in [-0.4, -0.2) is 4.92 Å². The molecule has 0 aliphatic rings. The molecule has 0 amide bonds. The molecular formula is C16H16ClNO3. The van der Waals surface area contributed by atoms with Crippen molar-refractivity contribution < 1.29 is 9.66 Å². The van der Waals surface area contributed by atoms with E-state index in [0.717, 1.165) is 11.3 Å². The van der Waals surface area contributed by atoms with E-state index in [0.29, 0.717) is 16.5 Å². The van der Waals surface area contributed by atoms with Crippen molar-refractivity contribution in [1.29, 1.82) is 0 Å². The van der Waals surface area contributed by atoms with E-state index in [2.05, 4.69) is 13.8 Å². The monoisotopic (exact) mass is 305 g/mol. The lowest BCUT2D eigenvalue weighted by Gasteiger charge is -2.14. The molecule has 0 saturated heterocycles. The summed E-state index contributed by atoms with van der Waals surface area (Å²) in [4.78, 5) is 10.6. The van der Waals surface area contributed by atoms with Gasteiger partial charge in [0.1, 0.15) is 12.4 Å². The molecule has 4 nitrogen and oxygen atoms in total. The highest BCUT2D eigenvalue weighted by Crippen LogP contribution is 2.30. The van der Waals surface area contributed by atoms with Crippen molar-refractivity contribution in [2.75, 3.05) is 0 Å². The predicted molar refractivity (Wildman–Crippen MR) is 83.0 cm³/mol. The van der Waals surface area contributed by atoms with E-state index < -0.39 is 4.92 Å². The van der Waals surface area contributed by atoms with E-state index in [1.165, 1.54) is 6.07 Å². The molecule has 0 bridgehead atoms. The van der Waals surface area contributed by atoms with Gasteiger partial charge in [0.2, 0.25) is 0 Å². The Balaban J connectivity index is 2.27. The molecule has 0 spiro atoms. The summed E-state index contributed by atoms with van der Waals surface area (Å²) in [5.41, 5.74) is 1.43. The first-order valence-electron chi connectivity index (χ1n) is 6.64. The van der Waals surface area contributed by atoms with E-state index >= 15 is 0 Å². The quantitative estimate of drug-likeness (QED) is 0.580. The van der Waals surface area contributed by atoms with Gasteiger partial charge in [-0.15, -0.1) is 0 Å². The van der Waals surface area contributed by atoms with E-state index in [4.69, 9.17) is 16.3 Å². The summed E-state index contributed by atoms with van der Waals surface area (Å²) in [7, 11) is 0. The molecule has 0 saturated carbocycles. The number of ether oxygens (including phenoxy) is 1. The van der Waals surface area contributed by atoms with E-state index in [1.807, 2.05) is 24.3 Å². The largest absolute Gasteiger partial charge is 0.488 e. The van der Waals surface area contributed by atoms with Gasteiger partial charge in [0, 0.05) is 6.07 Å². The summed E-state index contributed by atoms with van der Waals surface area (Å²) in [6.45, 7) is 4.21. The van der Waals surface area contributed by atoms with Gasteiger partial charge in [-0.25, -0.2) is 0 Å². The summed E-state index contributed by atoms with van der Waals surface area (Å²) in [6, 6.07) is 12.3. The van der Waals surface area contributed by atoms with Crippen LogP contribution in [0, 0.1) is 10.1 Å². The highest BCUT2D eigenvalue weighted by molar-refractivity contribution is 6.31. The second-order valence-corrected chi connectivity index (χ2v) is 5.38.